The Hall–Kier alpha value is -2.78. The smallest absolute Gasteiger partial charge is 0.338 e. The van der Waals surface area contributed by atoms with Gasteiger partial charge in [0.15, 0.2) is 0 Å². The number of carbonyl (C=O) groups is 2. The van der Waals surface area contributed by atoms with E-state index in [2.05, 4.69) is 13.8 Å². The predicted octanol–water partition coefficient (Wildman–Crippen LogP) is 5.33. The molecule has 0 radical (unpaired) electrons. The van der Waals surface area contributed by atoms with Gasteiger partial charge < -0.3 is 28.4 Å². The van der Waals surface area contributed by atoms with E-state index < -0.39 is 0 Å². The molecule has 8 heteroatoms. The number of benzene rings is 2. The maximum Gasteiger partial charge on any atom is 0.338 e. The average Bonchev–Trinajstić information content (AvgIpc) is 2.94. The van der Waals surface area contributed by atoms with Crippen molar-refractivity contribution in [3.05, 3.63) is 59.7 Å². The lowest BCUT2D eigenvalue weighted by molar-refractivity contribution is -0.138. The van der Waals surface area contributed by atoms with E-state index in [0.29, 0.717) is 50.8 Å². The summed E-state index contributed by atoms with van der Waals surface area (Å²) in [6.07, 6.45) is 3.18. The Kier molecular flexibility index (Phi) is 11.1. The number of rotatable bonds is 17. The van der Waals surface area contributed by atoms with Crippen LogP contribution in [0.2, 0.25) is 0 Å². The third kappa shape index (κ3) is 9.13. The molecule has 2 fully saturated rings. The second-order valence-electron chi connectivity index (χ2n) is 11.6. The molecule has 0 amide bonds. The summed E-state index contributed by atoms with van der Waals surface area (Å²) in [5.41, 5.74) is 3.07. The summed E-state index contributed by atoms with van der Waals surface area (Å²) >= 11 is 0. The highest BCUT2D eigenvalue weighted by atomic mass is 16.5. The molecule has 0 spiro atoms. The van der Waals surface area contributed by atoms with Crippen molar-refractivity contribution in [2.24, 2.45) is 10.8 Å². The van der Waals surface area contributed by atoms with Crippen molar-refractivity contribution >= 4 is 11.9 Å². The number of carbonyl (C=O) groups excluding carboxylic acids is 2. The third-order valence-electron chi connectivity index (χ3n) is 7.09. The maximum absolute atomic E-state index is 12.5. The lowest BCUT2D eigenvalue weighted by atomic mass is 9.90. The van der Waals surface area contributed by atoms with Gasteiger partial charge in [-0.3, -0.25) is 0 Å². The summed E-state index contributed by atoms with van der Waals surface area (Å²) in [7, 11) is 0. The van der Waals surface area contributed by atoms with Gasteiger partial charge in [-0.15, -0.1) is 0 Å². The van der Waals surface area contributed by atoms with Gasteiger partial charge in [0, 0.05) is 24.0 Å². The fourth-order valence-electron chi connectivity index (χ4n) is 4.44. The minimum absolute atomic E-state index is 0.154. The van der Waals surface area contributed by atoms with Crippen LogP contribution in [0.1, 0.15) is 60.2 Å². The quantitative estimate of drug-likeness (QED) is 0.191. The van der Waals surface area contributed by atoms with E-state index >= 15 is 0 Å². The van der Waals surface area contributed by atoms with Crippen LogP contribution < -0.4 is 0 Å². The van der Waals surface area contributed by atoms with Crippen LogP contribution in [0.15, 0.2) is 48.5 Å². The van der Waals surface area contributed by atoms with Crippen LogP contribution in [-0.2, 0) is 28.4 Å². The third-order valence-corrected chi connectivity index (χ3v) is 7.09. The second kappa shape index (κ2) is 14.7. The molecule has 2 aliphatic rings. The van der Waals surface area contributed by atoms with E-state index in [1.165, 1.54) is 0 Å². The molecule has 0 bridgehead atoms. The van der Waals surface area contributed by atoms with Crippen molar-refractivity contribution in [2.45, 2.75) is 39.5 Å². The van der Waals surface area contributed by atoms with Crippen LogP contribution in [-0.4, -0.2) is 78.0 Å². The van der Waals surface area contributed by atoms with Crippen LogP contribution in [0, 0.1) is 10.8 Å². The molecule has 0 aliphatic carbocycles. The van der Waals surface area contributed by atoms with Crippen molar-refractivity contribution in [2.75, 3.05) is 66.1 Å². The summed E-state index contributed by atoms with van der Waals surface area (Å²) in [5, 5.41) is 0. The highest BCUT2D eigenvalue weighted by Gasteiger charge is 2.34. The van der Waals surface area contributed by atoms with Crippen LogP contribution >= 0.6 is 0 Å². The van der Waals surface area contributed by atoms with E-state index in [0.717, 1.165) is 63.2 Å². The molecule has 2 heterocycles. The second-order valence-corrected chi connectivity index (χ2v) is 11.6. The molecule has 0 saturated carbocycles. The Balaban J connectivity index is 1.12. The van der Waals surface area contributed by atoms with Crippen LogP contribution in [0.4, 0.5) is 0 Å². The molecule has 4 rings (SSSR count). The molecule has 0 aromatic heterocycles. The molecule has 2 aromatic carbocycles. The largest absolute Gasteiger partial charge is 0.462 e. The summed E-state index contributed by atoms with van der Waals surface area (Å²) < 4.78 is 32.7. The molecule has 218 valence electrons. The highest BCUT2D eigenvalue weighted by molar-refractivity contribution is 5.92. The fraction of sp³-hybridized carbons (Fsp3) is 0.562. The number of unbranched alkanes of at least 4 members (excludes halogenated alkanes) is 2. The monoisotopic (exact) mass is 554 g/mol. The molecule has 0 unspecified atom stereocenters. The van der Waals surface area contributed by atoms with Crippen LogP contribution in [0.3, 0.4) is 0 Å². The maximum atomic E-state index is 12.5. The van der Waals surface area contributed by atoms with Crippen molar-refractivity contribution in [3.63, 3.8) is 0 Å². The minimum Gasteiger partial charge on any atom is -0.462 e. The lowest BCUT2D eigenvalue weighted by Crippen LogP contribution is -2.43. The van der Waals surface area contributed by atoms with Gasteiger partial charge >= 0.3 is 11.9 Å². The predicted molar refractivity (Wildman–Crippen MR) is 150 cm³/mol. The van der Waals surface area contributed by atoms with E-state index in [1.54, 1.807) is 24.3 Å². The van der Waals surface area contributed by atoms with Gasteiger partial charge in [0.05, 0.1) is 64.0 Å². The molecular weight excluding hydrogens is 512 g/mol. The molecule has 0 N–H and O–H groups in total. The summed E-state index contributed by atoms with van der Waals surface area (Å²) in [6.45, 7) is 10.8. The summed E-state index contributed by atoms with van der Waals surface area (Å²) in [6, 6.07) is 14.5. The van der Waals surface area contributed by atoms with Gasteiger partial charge in [-0.05, 0) is 61.1 Å². The Morgan fingerprint density at radius 3 is 1.65 bits per heavy atom. The number of hydrogen-bond acceptors (Lipinski definition) is 8. The Bertz CT molecular complexity index is 1090. The van der Waals surface area contributed by atoms with Crippen LogP contribution in [0.5, 0.6) is 0 Å². The molecule has 2 saturated heterocycles. The van der Waals surface area contributed by atoms with E-state index in [-0.39, 0.29) is 22.8 Å². The van der Waals surface area contributed by atoms with Crippen molar-refractivity contribution in [1.29, 1.82) is 0 Å². The van der Waals surface area contributed by atoms with Gasteiger partial charge in [0.2, 0.25) is 0 Å². The number of hydrogen-bond donors (Lipinski definition) is 0. The number of esters is 2. The Labute approximate surface area is 237 Å². The van der Waals surface area contributed by atoms with E-state index in [9.17, 15) is 9.59 Å². The minimum atomic E-state index is -0.348. The standard InChI is InChI=1S/C32H42O8/c1-31(21-37-22-31)19-35-14-3-5-16-39-29(33)26-12-10-25(11-13-26)27-8-7-9-28(18-27)30(34)40-17-6-4-15-36-20-32(2)23-38-24-32/h7-13,18H,3-6,14-17,19-24H2,1-2H3. The first-order valence-electron chi connectivity index (χ1n) is 14.2. The fourth-order valence-corrected chi connectivity index (χ4v) is 4.44. The van der Waals surface area contributed by atoms with Gasteiger partial charge in [-0.25, -0.2) is 9.59 Å². The van der Waals surface area contributed by atoms with Gasteiger partial charge in [0.1, 0.15) is 0 Å². The normalized spacial score (nSPS) is 16.9. The van der Waals surface area contributed by atoms with Crippen molar-refractivity contribution in [1.82, 2.24) is 0 Å². The van der Waals surface area contributed by atoms with E-state index in [1.807, 2.05) is 24.3 Å². The summed E-state index contributed by atoms with van der Waals surface area (Å²) in [4.78, 5) is 24.9. The van der Waals surface area contributed by atoms with Crippen LogP contribution in [0.25, 0.3) is 11.1 Å². The molecule has 8 nitrogen and oxygen atoms in total. The zero-order valence-electron chi connectivity index (χ0n) is 23.8. The first-order chi connectivity index (χ1) is 19.4. The first kappa shape index (κ1) is 30.2. The van der Waals surface area contributed by atoms with E-state index in [4.69, 9.17) is 28.4 Å². The zero-order valence-corrected chi connectivity index (χ0v) is 23.8. The zero-order chi connectivity index (χ0) is 28.3. The molecule has 2 aliphatic heterocycles. The Morgan fingerprint density at radius 2 is 1.15 bits per heavy atom. The van der Waals surface area contributed by atoms with Gasteiger partial charge in [-0.1, -0.05) is 38.1 Å². The summed E-state index contributed by atoms with van der Waals surface area (Å²) in [5.74, 6) is -0.695. The first-order valence-corrected chi connectivity index (χ1v) is 14.2. The SMILES string of the molecule is CC1(COCCCCOC(=O)c2ccc(-c3cccc(C(=O)OCCCCOCC4(C)COC4)c3)cc2)COC1. The lowest BCUT2D eigenvalue weighted by Gasteiger charge is -2.37. The molecular formula is C32H42O8. The van der Waals surface area contributed by atoms with Gasteiger partial charge in [0.25, 0.3) is 0 Å². The molecule has 40 heavy (non-hydrogen) atoms. The Morgan fingerprint density at radius 1 is 0.650 bits per heavy atom. The highest BCUT2D eigenvalue weighted by Crippen LogP contribution is 2.27. The number of ether oxygens (including phenoxy) is 6. The molecule has 2 aromatic rings. The van der Waals surface area contributed by atoms with Crippen molar-refractivity contribution < 1.29 is 38.0 Å². The average molecular weight is 555 g/mol. The topological polar surface area (TPSA) is 89.5 Å². The van der Waals surface area contributed by atoms with Crippen molar-refractivity contribution in [3.8, 4) is 11.1 Å². The molecule has 0 atom stereocenters. The van der Waals surface area contributed by atoms with Gasteiger partial charge in [-0.2, -0.15) is 0 Å².